The van der Waals surface area contributed by atoms with Gasteiger partial charge in [0.1, 0.15) is 6.61 Å². The zero-order chi connectivity index (χ0) is 11.5. The van der Waals surface area contributed by atoms with E-state index >= 15 is 0 Å². The fraction of sp³-hybridized carbons (Fsp3) is 0.125. The van der Waals surface area contributed by atoms with E-state index < -0.39 is 22.5 Å². The third-order valence-corrected chi connectivity index (χ3v) is 2.54. The summed E-state index contributed by atoms with van der Waals surface area (Å²) in [4.78, 5) is 10.7. The molecular weight excluding hydrogens is 220 g/mol. The lowest BCUT2D eigenvalue weighted by atomic mass is 10.3. The SMILES string of the molecule is NS(=O)(=O)c1ccc(NC(=O)CO)cc1. The first-order chi connectivity index (χ1) is 6.93. The number of sulfonamides is 1. The summed E-state index contributed by atoms with van der Waals surface area (Å²) >= 11 is 0. The molecular formula is C8H10N2O4S. The highest BCUT2D eigenvalue weighted by Crippen LogP contribution is 2.12. The van der Waals surface area contributed by atoms with Gasteiger partial charge in [-0.2, -0.15) is 0 Å². The molecule has 0 bridgehead atoms. The van der Waals surface area contributed by atoms with Crippen LogP contribution >= 0.6 is 0 Å². The summed E-state index contributed by atoms with van der Waals surface area (Å²) in [5.41, 5.74) is 0.390. The van der Waals surface area contributed by atoms with Gasteiger partial charge in [-0.3, -0.25) is 4.79 Å². The van der Waals surface area contributed by atoms with E-state index in [-0.39, 0.29) is 4.90 Å². The van der Waals surface area contributed by atoms with E-state index in [4.69, 9.17) is 10.2 Å². The second-order valence-electron chi connectivity index (χ2n) is 2.78. The maximum atomic E-state index is 10.9. The largest absolute Gasteiger partial charge is 0.387 e. The van der Waals surface area contributed by atoms with E-state index in [1.807, 2.05) is 0 Å². The zero-order valence-electron chi connectivity index (χ0n) is 7.67. The molecule has 1 rings (SSSR count). The summed E-state index contributed by atoms with van der Waals surface area (Å²) < 4.78 is 21.7. The molecule has 0 aromatic heterocycles. The Morgan fingerprint density at radius 3 is 2.27 bits per heavy atom. The number of nitrogens with two attached hydrogens (primary N) is 1. The highest BCUT2D eigenvalue weighted by atomic mass is 32.2. The molecule has 0 spiro atoms. The molecule has 0 fully saturated rings. The average molecular weight is 230 g/mol. The summed E-state index contributed by atoms with van der Waals surface area (Å²) in [5.74, 6) is -0.571. The topological polar surface area (TPSA) is 109 Å². The van der Waals surface area contributed by atoms with Crippen molar-refractivity contribution in [3.05, 3.63) is 24.3 Å². The van der Waals surface area contributed by atoms with Gasteiger partial charge in [0.25, 0.3) is 0 Å². The highest BCUT2D eigenvalue weighted by molar-refractivity contribution is 7.89. The minimum atomic E-state index is -3.72. The predicted octanol–water partition coefficient (Wildman–Crippen LogP) is -0.735. The van der Waals surface area contributed by atoms with Gasteiger partial charge in [0.05, 0.1) is 4.90 Å². The summed E-state index contributed by atoms with van der Waals surface area (Å²) in [6.07, 6.45) is 0. The molecule has 1 aromatic rings. The summed E-state index contributed by atoms with van der Waals surface area (Å²) in [5, 5.41) is 15.7. The minimum absolute atomic E-state index is 0.0375. The Kier molecular flexibility index (Phi) is 3.40. The molecule has 82 valence electrons. The van der Waals surface area contributed by atoms with Crippen molar-refractivity contribution in [1.82, 2.24) is 0 Å². The van der Waals surface area contributed by atoms with E-state index in [9.17, 15) is 13.2 Å². The van der Waals surface area contributed by atoms with Gasteiger partial charge in [-0.05, 0) is 24.3 Å². The smallest absolute Gasteiger partial charge is 0.250 e. The van der Waals surface area contributed by atoms with Crippen molar-refractivity contribution in [2.45, 2.75) is 4.90 Å². The fourth-order valence-electron chi connectivity index (χ4n) is 0.928. The summed E-state index contributed by atoms with van der Waals surface area (Å²) in [6.45, 7) is -0.628. The second kappa shape index (κ2) is 4.39. The molecule has 0 saturated carbocycles. The molecule has 0 aliphatic heterocycles. The number of hydrogen-bond acceptors (Lipinski definition) is 4. The van der Waals surface area contributed by atoms with Crippen LogP contribution in [0.25, 0.3) is 0 Å². The molecule has 15 heavy (non-hydrogen) atoms. The van der Waals surface area contributed by atoms with Gasteiger partial charge in [0, 0.05) is 5.69 Å². The van der Waals surface area contributed by atoms with Crippen LogP contribution in [0.15, 0.2) is 29.2 Å². The van der Waals surface area contributed by atoms with E-state index in [0.717, 1.165) is 0 Å². The van der Waals surface area contributed by atoms with Crippen LogP contribution in [0.1, 0.15) is 0 Å². The van der Waals surface area contributed by atoms with Gasteiger partial charge in [0.2, 0.25) is 15.9 Å². The van der Waals surface area contributed by atoms with Crippen LogP contribution in [0.2, 0.25) is 0 Å². The van der Waals surface area contributed by atoms with Crippen LogP contribution < -0.4 is 10.5 Å². The van der Waals surface area contributed by atoms with Gasteiger partial charge in [-0.1, -0.05) is 0 Å². The number of primary sulfonamides is 1. The molecule has 0 heterocycles. The maximum absolute atomic E-state index is 10.9. The summed E-state index contributed by atoms with van der Waals surface area (Å²) in [6, 6.07) is 5.30. The highest BCUT2D eigenvalue weighted by Gasteiger charge is 2.07. The van der Waals surface area contributed by atoms with Crippen LogP contribution in [-0.4, -0.2) is 26.0 Å². The predicted molar refractivity (Wildman–Crippen MR) is 53.5 cm³/mol. The lowest BCUT2D eigenvalue weighted by molar-refractivity contribution is -0.118. The van der Waals surface area contributed by atoms with Gasteiger partial charge in [-0.15, -0.1) is 0 Å². The number of rotatable bonds is 3. The first-order valence-electron chi connectivity index (χ1n) is 3.97. The van der Waals surface area contributed by atoms with Crippen molar-refractivity contribution in [1.29, 1.82) is 0 Å². The van der Waals surface area contributed by atoms with Crippen molar-refractivity contribution < 1.29 is 18.3 Å². The molecule has 0 radical (unpaired) electrons. The molecule has 6 nitrogen and oxygen atoms in total. The number of hydrogen-bond donors (Lipinski definition) is 3. The number of aliphatic hydroxyl groups is 1. The van der Waals surface area contributed by atoms with Crippen LogP contribution in [-0.2, 0) is 14.8 Å². The minimum Gasteiger partial charge on any atom is -0.387 e. The number of carbonyl (C=O) groups is 1. The van der Waals surface area contributed by atoms with Crippen molar-refractivity contribution in [2.75, 3.05) is 11.9 Å². The Hall–Kier alpha value is -1.44. The van der Waals surface area contributed by atoms with Crippen molar-refractivity contribution in [3.63, 3.8) is 0 Å². The molecule has 0 atom stereocenters. The fourth-order valence-corrected chi connectivity index (χ4v) is 1.44. The Labute approximate surface area is 86.8 Å². The quantitative estimate of drug-likeness (QED) is 0.635. The molecule has 7 heteroatoms. The standard InChI is InChI=1S/C8H10N2O4S/c9-15(13,14)7-3-1-6(2-4-7)10-8(12)5-11/h1-4,11H,5H2,(H,10,12)(H2,9,13,14). The monoisotopic (exact) mass is 230 g/mol. The number of aliphatic hydroxyl groups excluding tert-OH is 1. The number of amides is 1. The number of anilines is 1. The molecule has 4 N–H and O–H groups in total. The van der Waals surface area contributed by atoms with Crippen LogP contribution in [0, 0.1) is 0 Å². The second-order valence-corrected chi connectivity index (χ2v) is 4.34. The maximum Gasteiger partial charge on any atom is 0.250 e. The van der Waals surface area contributed by atoms with Gasteiger partial charge in [0.15, 0.2) is 0 Å². The Balaban J connectivity index is 2.86. The van der Waals surface area contributed by atoms with Crippen molar-refractivity contribution >= 4 is 21.6 Å². The van der Waals surface area contributed by atoms with E-state index in [2.05, 4.69) is 5.32 Å². The first-order valence-corrected chi connectivity index (χ1v) is 5.51. The van der Waals surface area contributed by atoms with Gasteiger partial charge in [-0.25, -0.2) is 13.6 Å². The molecule has 1 aromatic carbocycles. The molecule has 0 aliphatic carbocycles. The van der Waals surface area contributed by atoms with Crippen LogP contribution in [0.4, 0.5) is 5.69 Å². The Morgan fingerprint density at radius 2 is 1.87 bits per heavy atom. The molecule has 0 aliphatic rings. The van der Waals surface area contributed by atoms with Crippen LogP contribution in [0.5, 0.6) is 0 Å². The lowest BCUT2D eigenvalue weighted by Gasteiger charge is -2.03. The Morgan fingerprint density at radius 1 is 1.33 bits per heavy atom. The zero-order valence-corrected chi connectivity index (χ0v) is 8.49. The summed E-state index contributed by atoms with van der Waals surface area (Å²) in [7, 11) is -3.72. The van der Waals surface area contributed by atoms with E-state index in [0.29, 0.717) is 5.69 Å². The molecule has 1 amide bonds. The number of nitrogens with one attached hydrogen (secondary N) is 1. The average Bonchev–Trinajstić information content (AvgIpc) is 2.17. The van der Waals surface area contributed by atoms with Gasteiger partial charge >= 0.3 is 0 Å². The third-order valence-electron chi connectivity index (χ3n) is 1.61. The molecule has 0 saturated heterocycles. The van der Waals surface area contributed by atoms with E-state index in [1.165, 1.54) is 24.3 Å². The van der Waals surface area contributed by atoms with Crippen molar-refractivity contribution in [3.8, 4) is 0 Å². The van der Waals surface area contributed by atoms with Crippen LogP contribution in [0.3, 0.4) is 0 Å². The van der Waals surface area contributed by atoms with Gasteiger partial charge < -0.3 is 10.4 Å². The number of carbonyl (C=O) groups excluding carboxylic acids is 1. The third kappa shape index (κ3) is 3.31. The molecule has 0 unspecified atom stereocenters. The van der Waals surface area contributed by atoms with Crippen molar-refractivity contribution in [2.24, 2.45) is 5.14 Å². The first kappa shape index (κ1) is 11.6. The van der Waals surface area contributed by atoms with E-state index in [1.54, 1.807) is 0 Å². The Bertz CT molecular complexity index is 452. The normalized spacial score (nSPS) is 11.1. The lowest BCUT2D eigenvalue weighted by Crippen LogP contribution is -2.16. The number of benzene rings is 1.